The molecule has 0 unspecified atom stereocenters. The Kier molecular flexibility index (Phi) is 6.50. The Bertz CT molecular complexity index is 451. The van der Waals surface area contributed by atoms with Gasteiger partial charge in [-0.15, -0.1) is 6.58 Å². The first kappa shape index (κ1) is 17.1. The molecule has 5 atom stereocenters. The summed E-state index contributed by atoms with van der Waals surface area (Å²) in [5, 5.41) is 28.5. The molecule has 22 heavy (non-hydrogen) atoms. The lowest BCUT2D eigenvalue weighted by Gasteiger charge is -2.37. The van der Waals surface area contributed by atoms with Crippen LogP contribution in [0.2, 0.25) is 0 Å². The van der Waals surface area contributed by atoms with Crippen LogP contribution in [0, 0.1) is 0 Å². The number of hydrogen-bond acceptors (Lipinski definition) is 6. The third-order valence-corrected chi connectivity index (χ3v) is 3.53. The molecule has 1 fully saturated rings. The van der Waals surface area contributed by atoms with Crippen molar-refractivity contribution in [3.8, 4) is 0 Å². The molecule has 2 rings (SSSR count). The van der Waals surface area contributed by atoms with E-state index >= 15 is 0 Å². The van der Waals surface area contributed by atoms with Crippen molar-refractivity contribution in [3.05, 3.63) is 48.6 Å². The molecule has 6 heteroatoms. The molecule has 0 bridgehead atoms. The Morgan fingerprint density at radius 3 is 2.64 bits per heavy atom. The molecule has 0 amide bonds. The number of aliphatic hydroxyl groups is 3. The number of rotatable bonds is 7. The predicted octanol–water partition coefficient (Wildman–Crippen LogP) is 0.386. The fourth-order valence-electron chi connectivity index (χ4n) is 2.26. The molecular weight excluding hydrogens is 288 g/mol. The third-order valence-electron chi connectivity index (χ3n) is 3.53. The molecule has 0 saturated carbocycles. The zero-order valence-electron chi connectivity index (χ0n) is 12.2. The van der Waals surface area contributed by atoms with Crippen LogP contribution in [0.5, 0.6) is 0 Å². The summed E-state index contributed by atoms with van der Waals surface area (Å²) in [6.45, 7) is 3.02. The second kappa shape index (κ2) is 8.38. The number of benzene rings is 1. The largest absolute Gasteiger partial charge is 0.394 e. The van der Waals surface area contributed by atoms with E-state index in [1.165, 1.54) is 6.08 Å². The van der Waals surface area contributed by atoms with Gasteiger partial charge in [0.05, 0.1) is 19.8 Å². The van der Waals surface area contributed by atoms with Gasteiger partial charge in [0.1, 0.15) is 24.4 Å². The van der Waals surface area contributed by atoms with Gasteiger partial charge >= 0.3 is 0 Å². The van der Waals surface area contributed by atoms with Gasteiger partial charge < -0.3 is 29.5 Å². The smallest absolute Gasteiger partial charge is 0.184 e. The third kappa shape index (κ3) is 4.13. The predicted molar refractivity (Wildman–Crippen MR) is 79.0 cm³/mol. The Morgan fingerprint density at radius 2 is 2.05 bits per heavy atom. The second-order valence-corrected chi connectivity index (χ2v) is 5.05. The fraction of sp³-hybridized carbons (Fsp3) is 0.500. The van der Waals surface area contributed by atoms with E-state index in [2.05, 4.69) is 6.58 Å². The van der Waals surface area contributed by atoms with Crippen molar-refractivity contribution in [2.24, 2.45) is 0 Å². The zero-order chi connectivity index (χ0) is 15.9. The Morgan fingerprint density at radius 1 is 1.32 bits per heavy atom. The van der Waals surface area contributed by atoms with Crippen molar-refractivity contribution in [1.82, 2.24) is 0 Å². The van der Waals surface area contributed by atoms with E-state index < -0.39 is 30.7 Å². The van der Waals surface area contributed by atoms with Gasteiger partial charge in [-0.1, -0.05) is 36.4 Å². The highest BCUT2D eigenvalue weighted by Gasteiger charge is 2.35. The molecule has 1 aromatic carbocycles. The summed E-state index contributed by atoms with van der Waals surface area (Å²) in [5.74, 6) is 0. The summed E-state index contributed by atoms with van der Waals surface area (Å²) < 4.78 is 16.9. The first-order valence-corrected chi connectivity index (χ1v) is 7.19. The van der Waals surface area contributed by atoms with Gasteiger partial charge in [0.2, 0.25) is 0 Å². The first-order valence-electron chi connectivity index (χ1n) is 7.19. The SMILES string of the molecule is C=C[C@@H](O)[C@H](CO)O[C@@H]1CO[C@@H](c2ccccc2)O[C@H]1CO. The summed E-state index contributed by atoms with van der Waals surface area (Å²) in [4.78, 5) is 0. The molecule has 122 valence electrons. The maximum atomic E-state index is 9.69. The molecule has 0 aliphatic carbocycles. The van der Waals surface area contributed by atoms with Crippen LogP contribution in [0.15, 0.2) is 43.0 Å². The lowest BCUT2D eigenvalue weighted by atomic mass is 10.1. The molecule has 0 radical (unpaired) electrons. The second-order valence-electron chi connectivity index (χ2n) is 5.05. The highest BCUT2D eigenvalue weighted by Crippen LogP contribution is 2.28. The number of hydrogen-bond donors (Lipinski definition) is 3. The molecule has 0 aromatic heterocycles. The maximum absolute atomic E-state index is 9.69. The quantitative estimate of drug-likeness (QED) is 0.631. The molecule has 1 heterocycles. The molecule has 6 nitrogen and oxygen atoms in total. The van der Waals surface area contributed by atoms with Gasteiger partial charge in [-0.2, -0.15) is 0 Å². The van der Waals surface area contributed by atoms with Crippen LogP contribution in [0.1, 0.15) is 11.9 Å². The average Bonchev–Trinajstić information content (AvgIpc) is 2.59. The summed E-state index contributed by atoms with van der Waals surface area (Å²) in [6.07, 6.45) is -2.32. The van der Waals surface area contributed by atoms with E-state index in [0.29, 0.717) is 0 Å². The molecule has 0 spiro atoms. The van der Waals surface area contributed by atoms with E-state index in [-0.39, 0.29) is 19.8 Å². The van der Waals surface area contributed by atoms with Crippen LogP contribution in [0.25, 0.3) is 0 Å². The molecule has 1 saturated heterocycles. The lowest BCUT2D eigenvalue weighted by Crippen LogP contribution is -2.48. The summed E-state index contributed by atoms with van der Waals surface area (Å²) in [6, 6.07) is 9.39. The minimum atomic E-state index is -1.00. The standard InChI is InChI=1S/C16H22O6/c1-2-12(19)13(8-17)21-15-10-20-16(22-14(15)9-18)11-6-4-3-5-7-11/h2-7,12-19H,1,8-10H2/t12-,13+,14+,15-,16-/m1/s1. The Labute approximate surface area is 129 Å². The van der Waals surface area contributed by atoms with Gasteiger partial charge in [-0.3, -0.25) is 0 Å². The highest BCUT2D eigenvalue weighted by molar-refractivity contribution is 5.16. The van der Waals surface area contributed by atoms with E-state index in [9.17, 15) is 15.3 Å². The lowest BCUT2D eigenvalue weighted by molar-refractivity contribution is -0.283. The van der Waals surface area contributed by atoms with Gasteiger partial charge in [-0.05, 0) is 0 Å². The van der Waals surface area contributed by atoms with E-state index in [1.54, 1.807) is 0 Å². The van der Waals surface area contributed by atoms with Crippen LogP contribution in [0.3, 0.4) is 0 Å². The number of ether oxygens (including phenoxy) is 3. The average molecular weight is 310 g/mol. The topological polar surface area (TPSA) is 88.4 Å². The van der Waals surface area contributed by atoms with Crippen molar-refractivity contribution < 1.29 is 29.5 Å². The summed E-state index contributed by atoms with van der Waals surface area (Å²) >= 11 is 0. The highest BCUT2D eigenvalue weighted by atomic mass is 16.7. The minimum Gasteiger partial charge on any atom is -0.394 e. The van der Waals surface area contributed by atoms with Crippen LogP contribution >= 0.6 is 0 Å². The Hall–Kier alpha value is -1.28. The molecule has 1 aliphatic rings. The van der Waals surface area contributed by atoms with Gasteiger partial charge in [0.25, 0.3) is 0 Å². The minimum absolute atomic E-state index is 0.186. The molecule has 1 aromatic rings. The van der Waals surface area contributed by atoms with Crippen molar-refractivity contribution in [1.29, 1.82) is 0 Å². The zero-order valence-corrected chi connectivity index (χ0v) is 12.2. The van der Waals surface area contributed by atoms with Gasteiger partial charge in [0.15, 0.2) is 6.29 Å². The van der Waals surface area contributed by atoms with Crippen LogP contribution in [-0.4, -0.2) is 59.6 Å². The van der Waals surface area contributed by atoms with Crippen LogP contribution in [-0.2, 0) is 14.2 Å². The number of aliphatic hydroxyl groups excluding tert-OH is 3. The Balaban J connectivity index is 1.99. The van der Waals surface area contributed by atoms with E-state index in [1.807, 2.05) is 30.3 Å². The molecule has 3 N–H and O–H groups in total. The van der Waals surface area contributed by atoms with Crippen molar-refractivity contribution >= 4 is 0 Å². The summed E-state index contributed by atoms with van der Waals surface area (Å²) in [7, 11) is 0. The van der Waals surface area contributed by atoms with Crippen molar-refractivity contribution in [2.45, 2.75) is 30.7 Å². The van der Waals surface area contributed by atoms with Gasteiger partial charge in [0, 0.05) is 5.56 Å². The van der Waals surface area contributed by atoms with Gasteiger partial charge in [-0.25, -0.2) is 0 Å². The normalized spacial score (nSPS) is 28.0. The van der Waals surface area contributed by atoms with Crippen molar-refractivity contribution in [2.75, 3.05) is 19.8 Å². The first-order chi connectivity index (χ1) is 10.7. The fourth-order valence-corrected chi connectivity index (χ4v) is 2.26. The van der Waals surface area contributed by atoms with Crippen molar-refractivity contribution in [3.63, 3.8) is 0 Å². The molecular formula is C16H22O6. The van der Waals surface area contributed by atoms with Crippen LogP contribution < -0.4 is 0 Å². The van der Waals surface area contributed by atoms with Crippen LogP contribution in [0.4, 0.5) is 0 Å². The van der Waals surface area contributed by atoms with E-state index in [4.69, 9.17) is 14.2 Å². The summed E-state index contributed by atoms with van der Waals surface area (Å²) in [5.41, 5.74) is 0.851. The van der Waals surface area contributed by atoms with E-state index in [0.717, 1.165) is 5.56 Å². The molecule has 1 aliphatic heterocycles. The maximum Gasteiger partial charge on any atom is 0.184 e. The monoisotopic (exact) mass is 310 g/mol.